The fourth-order valence-corrected chi connectivity index (χ4v) is 13.9. The van der Waals surface area contributed by atoms with E-state index in [9.17, 15) is 108 Å². The lowest BCUT2D eigenvalue weighted by molar-refractivity contribution is -0.242. The van der Waals surface area contributed by atoms with Crippen molar-refractivity contribution in [1.29, 1.82) is 0 Å². The van der Waals surface area contributed by atoms with Crippen LogP contribution in [0, 0.1) is 11.8 Å². The Hall–Kier alpha value is -12.6. The van der Waals surface area contributed by atoms with Gasteiger partial charge < -0.3 is 141 Å². The number of aliphatic hydroxyl groups is 6. The molecule has 0 saturated carbocycles. The van der Waals surface area contributed by atoms with Crippen LogP contribution in [0.2, 0.25) is 5.02 Å². The van der Waals surface area contributed by atoms with E-state index in [0.717, 1.165) is 11.8 Å². The van der Waals surface area contributed by atoms with Gasteiger partial charge in [-0.15, -0.1) is 0 Å². The van der Waals surface area contributed by atoms with Gasteiger partial charge in [0.25, 0.3) is 0 Å². The summed E-state index contributed by atoms with van der Waals surface area (Å²) in [6.07, 6.45) is -10.3. The highest BCUT2D eigenvalue weighted by molar-refractivity contribution is 6.31. The smallest absolute Gasteiger partial charge is 0.306 e. The predicted octanol–water partition coefficient (Wildman–Crippen LogP) is -6.35. The van der Waals surface area contributed by atoms with Crippen LogP contribution in [0.15, 0.2) is 97.1 Å². The Kier molecular flexibility index (Phi) is 42.6. The van der Waals surface area contributed by atoms with Gasteiger partial charge in [-0.1, -0.05) is 100.0 Å². The van der Waals surface area contributed by atoms with E-state index >= 15 is 19.2 Å². The lowest BCUT2D eigenvalue weighted by atomic mass is 9.99. The molecule has 46 heteroatoms. The van der Waals surface area contributed by atoms with Crippen LogP contribution in [0.25, 0.3) is 0 Å². The van der Waals surface area contributed by atoms with Crippen molar-refractivity contribution >= 4 is 124 Å². The number of carboxylic acids is 2. The summed E-state index contributed by atoms with van der Waals surface area (Å²) in [5.41, 5.74) is 11.8. The number of carbonyl (C=O) groups excluding carboxylic acids is 16. The van der Waals surface area contributed by atoms with Crippen molar-refractivity contribution in [2.45, 2.75) is 221 Å². The molecular formula is C84H116ClN17O28. The highest BCUT2D eigenvalue weighted by Gasteiger charge is 2.44. The number of anilines is 1. The van der Waals surface area contributed by atoms with Crippen molar-refractivity contribution in [3.05, 3.63) is 119 Å². The SMILES string of the molecule is CC(C)/C=C/C=C\C(=O)NCCC(=O)N[C@@H](CCCN)C(=O)NC(CC(O)c1ccccc1)C(=O)NC(C(=O)N[C@@H](Cc1ccc(OC2OC[C@H](O)[C@H](O)[C@H]2O)cc1)C(=O)NC1C(=O)N[C@H](CC(C)C)C(=O)N[C@@H](CC(=O)O)C(=O)NCC(=O)N[C@@H](CO)C(=O)NCC(=O)N[C@@H](CC(=O)c2ccc(Cl)cc2N)C(=O)N[C@@H](C)C(=O)N2CCC[C@H]2C(=O)NC1C)C(O)CC(=O)O. The van der Waals surface area contributed by atoms with Gasteiger partial charge in [-0.25, -0.2) is 0 Å². The number of aliphatic carboxylic acids is 2. The molecular weight excluding hydrogens is 1730 g/mol. The molecule has 0 aliphatic carbocycles. The first-order valence-electron chi connectivity index (χ1n) is 41.9. The lowest BCUT2D eigenvalue weighted by Gasteiger charge is -2.34. The maximum Gasteiger partial charge on any atom is 0.306 e. The van der Waals surface area contributed by atoms with Gasteiger partial charge >= 0.3 is 11.9 Å². The van der Waals surface area contributed by atoms with Crippen molar-refractivity contribution in [3.63, 3.8) is 0 Å². The van der Waals surface area contributed by atoms with E-state index in [4.69, 9.17) is 32.5 Å². The number of fused-ring (bicyclic) bond motifs is 1. The number of halogens is 1. The number of ketones is 1. The van der Waals surface area contributed by atoms with Gasteiger partial charge in [0, 0.05) is 61.1 Å². The number of carbonyl (C=O) groups is 18. The molecule has 0 aromatic heterocycles. The summed E-state index contributed by atoms with van der Waals surface area (Å²) < 4.78 is 11.1. The molecule has 6 rings (SSSR count). The number of Topliss-reactive ketones (excluding diaryl/α,β-unsaturated/α-hetero) is 1. The molecule has 45 nitrogen and oxygen atoms in total. The molecule has 7 unspecified atom stereocenters. The van der Waals surface area contributed by atoms with E-state index in [0.29, 0.717) is 0 Å². The van der Waals surface area contributed by atoms with Crippen molar-refractivity contribution in [2.75, 3.05) is 51.7 Å². The minimum Gasteiger partial charge on any atom is -0.481 e. The number of benzene rings is 3. The summed E-state index contributed by atoms with van der Waals surface area (Å²) in [4.78, 5) is 255. The van der Waals surface area contributed by atoms with Crippen LogP contribution < -0.4 is 90.6 Å². The van der Waals surface area contributed by atoms with Crippen molar-refractivity contribution in [2.24, 2.45) is 17.6 Å². The fraction of sp³-hybridized carbons (Fsp3) is 0.524. The number of nitrogen functional groups attached to an aromatic ring is 1. The second-order valence-electron chi connectivity index (χ2n) is 32.0. The third-order valence-corrected chi connectivity index (χ3v) is 20.8. The molecule has 3 saturated heterocycles. The minimum atomic E-state index is -2.50. The van der Waals surface area contributed by atoms with Crippen LogP contribution in [0.3, 0.4) is 0 Å². The molecule has 3 aromatic carbocycles. The van der Waals surface area contributed by atoms with Gasteiger partial charge in [0.05, 0.1) is 57.4 Å². The number of nitrogens with zero attached hydrogens (tertiary/aromatic N) is 1. The Balaban J connectivity index is 1.45. The summed E-state index contributed by atoms with van der Waals surface area (Å²) in [5, 5.41) is 118. The number of nitrogens with one attached hydrogen (secondary N) is 14. The number of aliphatic hydroxyl groups excluding tert-OH is 6. The molecule has 3 aliphatic rings. The largest absolute Gasteiger partial charge is 0.481 e. The first kappa shape index (κ1) is 106. The highest BCUT2D eigenvalue weighted by atomic mass is 35.5. The topological polar surface area (TPSA) is 711 Å². The molecule has 130 heavy (non-hydrogen) atoms. The Labute approximate surface area is 751 Å². The molecule has 0 spiro atoms. The number of rotatable bonds is 36. The van der Waals surface area contributed by atoms with E-state index in [1.165, 1.54) is 85.8 Å². The van der Waals surface area contributed by atoms with E-state index in [-0.39, 0.29) is 97.2 Å². The zero-order chi connectivity index (χ0) is 96.3. The minimum absolute atomic E-state index is 0.0225. The first-order valence-corrected chi connectivity index (χ1v) is 42.3. The van der Waals surface area contributed by atoms with Gasteiger partial charge in [-0.05, 0) is 106 Å². The van der Waals surface area contributed by atoms with Crippen molar-refractivity contribution < 1.29 is 137 Å². The van der Waals surface area contributed by atoms with Crippen LogP contribution >= 0.6 is 11.6 Å². The standard InChI is InChI=1S/C84H116ClN17O28/c1-41(2)14-10-11-19-63(108)88-28-26-64(109)93-51(17-12-27-86)75(120)96-55(33-59(104)46-15-8-7-9-16-46)79(124)101-70(61(106)36-68(114)115)82(127)99-53(31-45-20-23-48(24-21-45)130-84-72(117)71(116)62(107)40-129-84)78(123)100-69-43(5)91-80(125)58-18-13-29-102(58)83(128)44(6)92-76(121)54(34-60(105)49-25-22-47(85)32-50(49)87)94-65(110)37-90-74(119)57(39-103)95-66(111)38-89-73(118)56(35-67(112)113)97-77(122)52(30-42(3)4)98-81(69)126/h7-11,14-16,19-25,32,41-44,51-59,61-62,69-72,84,103-104,106-107,116-117H,12-13,17-18,26-31,33-40,86-87H2,1-6H3,(H,88,108)(H,89,118)(H,90,119)(H,91,125)(H,92,121)(H,93,109)(H,94,110)(H,95,111)(H,96,120)(H,97,122)(H,98,126)(H,99,127)(H,100,123)(H,101,124)(H,112,113)(H,114,115)/b14-10+,19-11-/t43?,44-,51-,52+,53-,54-,55?,56-,57-,58-,59?,61?,62-,69?,70?,71-,72+,84?/m0/s1. The average molecular weight is 1850 g/mol. The van der Waals surface area contributed by atoms with E-state index in [2.05, 4.69) is 74.4 Å². The first-order chi connectivity index (χ1) is 61.5. The zero-order valence-corrected chi connectivity index (χ0v) is 73.0. The summed E-state index contributed by atoms with van der Waals surface area (Å²) in [5.74, 6) is -22.5. The van der Waals surface area contributed by atoms with Crippen LogP contribution in [0.1, 0.15) is 133 Å². The van der Waals surface area contributed by atoms with Gasteiger partial charge in [0.2, 0.25) is 94.9 Å². The Morgan fingerprint density at radius 2 is 1.29 bits per heavy atom. The molecule has 0 radical (unpaired) electrons. The lowest BCUT2D eigenvalue weighted by Crippen LogP contribution is -2.65. The van der Waals surface area contributed by atoms with Crippen LogP contribution in [0.5, 0.6) is 5.75 Å². The number of hydrogen-bond donors (Lipinski definition) is 24. The molecule has 3 aliphatic heterocycles. The Bertz CT molecular complexity index is 4570. The Morgan fingerprint density at radius 3 is 1.92 bits per heavy atom. The molecule has 15 amide bonds. The summed E-state index contributed by atoms with van der Waals surface area (Å²) in [6.45, 7) is 5.16. The number of hydrogen-bond acceptors (Lipinski definition) is 28. The van der Waals surface area contributed by atoms with Crippen molar-refractivity contribution in [1.82, 2.24) is 79.3 Å². The quantitative estimate of drug-likeness (QED) is 0.0111. The summed E-state index contributed by atoms with van der Waals surface area (Å²) in [6, 6.07) is -6.58. The maximum atomic E-state index is 15.7. The third kappa shape index (κ3) is 34.1. The normalized spacial score (nSPS) is 23.4. The second-order valence-corrected chi connectivity index (χ2v) is 32.4. The van der Waals surface area contributed by atoms with Crippen LogP contribution in [-0.4, -0.2) is 301 Å². The molecule has 18 atom stereocenters. The van der Waals surface area contributed by atoms with E-state index in [1.54, 1.807) is 26.0 Å². The molecule has 712 valence electrons. The average Bonchev–Trinajstić information content (AvgIpc) is 1.59. The molecule has 3 aromatic rings. The second kappa shape index (κ2) is 52.1. The molecule has 0 bridgehead atoms. The predicted molar refractivity (Wildman–Crippen MR) is 459 cm³/mol. The van der Waals surface area contributed by atoms with Gasteiger partial charge in [0.1, 0.15) is 90.5 Å². The van der Waals surface area contributed by atoms with E-state index < -0.39 is 280 Å². The van der Waals surface area contributed by atoms with Gasteiger partial charge in [-0.3, -0.25) is 86.3 Å². The van der Waals surface area contributed by atoms with Gasteiger partial charge in [0.15, 0.2) is 5.78 Å². The maximum absolute atomic E-state index is 15.7. The number of allylic oxidation sites excluding steroid dienone is 3. The number of carboxylic acid groups (broad SMARTS) is 2. The highest BCUT2D eigenvalue weighted by Crippen LogP contribution is 2.26. The molecule has 3 fully saturated rings. The van der Waals surface area contributed by atoms with Crippen LogP contribution in [0.4, 0.5) is 5.69 Å². The van der Waals surface area contributed by atoms with Crippen molar-refractivity contribution in [3.8, 4) is 5.75 Å². The molecule has 26 N–H and O–H groups in total. The summed E-state index contributed by atoms with van der Waals surface area (Å²) >= 11 is 6.08. The fourth-order valence-electron chi connectivity index (χ4n) is 13.7. The molecule has 3 heterocycles. The third-order valence-electron chi connectivity index (χ3n) is 20.6. The van der Waals surface area contributed by atoms with Gasteiger partial charge in [-0.2, -0.15) is 0 Å². The Morgan fingerprint density at radius 1 is 0.669 bits per heavy atom. The number of amides is 15. The van der Waals surface area contributed by atoms with Crippen LogP contribution in [-0.2, 0) is 92.7 Å². The monoisotopic (exact) mass is 1850 g/mol. The summed E-state index contributed by atoms with van der Waals surface area (Å²) in [7, 11) is 0. The number of ether oxygens (including phenoxy) is 2. The van der Waals surface area contributed by atoms with E-state index in [1.807, 2.05) is 19.9 Å². The number of nitrogens with two attached hydrogens (primary N) is 2. The zero-order valence-electron chi connectivity index (χ0n) is 72.2.